The summed E-state index contributed by atoms with van der Waals surface area (Å²) in [5, 5.41) is 17.4. The van der Waals surface area contributed by atoms with Gasteiger partial charge in [0.2, 0.25) is 0 Å². The predicted molar refractivity (Wildman–Crippen MR) is 140 cm³/mol. The van der Waals surface area contributed by atoms with Crippen molar-refractivity contribution in [1.82, 2.24) is 0 Å². The summed E-state index contributed by atoms with van der Waals surface area (Å²) < 4.78 is 0. The number of aliphatic hydroxyl groups is 1. The minimum Gasteiger partial charge on any atom is -0.478 e. The smallest absolute Gasteiger partial charge is 0.335 e. The van der Waals surface area contributed by atoms with Gasteiger partial charge in [0.15, 0.2) is 0 Å². The second kappa shape index (κ2) is 14.8. The van der Waals surface area contributed by atoms with Crippen molar-refractivity contribution >= 4 is 12.3 Å². The maximum absolute atomic E-state index is 10.5. The van der Waals surface area contributed by atoms with Gasteiger partial charge in [-0.3, -0.25) is 4.79 Å². The van der Waals surface area contributed by atoms with Crippen molar-refractivity contribution in [2.24, 2.45) is 0 Å². The van der Waals surface area contributed by atoms with Crippen LogP contribution in [-0.2, 0) is 6.61 Å². The van der Waals surface area contributed by atoms with Gasteiger partial charge in [-0.25, -0.2) is 4.79 Å². The second-order valence-electron chi connectivity index (χ2n) is 9.08. The van der Waals surface area contributed by atoms with Gasteiger partial charge in [0.05, 0.1) is 12.2 Å². The number of aldehydes is 1. The molecule has 0 heterocycles. The highest BCUT2D eigenvalue weighted by molar-refractivity contribution is 5.87. The second-order valence-corrected chi connectivity index (χ2v) is 9.08. The number of carbonyl (C=O) groups excluding carboxylic acids is 1. The zero-order valence-electron chi connectivity index (χ0n) is 21.2. The van der Waals surface area contributed by atoms with Crippen LogP contribution in [0.25, 0.3) is 0 Å². The molecule has 0 saturated carbocycles. The van der Waals surface area contributed by atoms with Crippen molar-refractivity contribution in [2.45, 2.75) is 65.9 Å². The monoisotopic (exact) mass is 462 g/mol. The Morgan fingerprint density at radius 3 is 1.32 bits per heavy atom. The SMILES string of the molecule is CC(C)c1ccc(C(=O)O)cc1.CC(C)c1ccc(C=O)cc1.CC(C)c1ccc(CO)cc1. The van der Waals surface area contributed by atoms with Gasteiger partial charge < -0.3 is 10.2 Å². The Morgan fingerprint density at radius 1 is 0.676 bits per heavy atom. The summed E-state index contributed by atoms with van der Waals surface area (Å²) in [6, 6.07) is 22.7. The maximum atomic E-state index is 10.5. The number of aromatic carboxylic acids is 1. The number of carbonyl (C=O) groups is 2. The number of hydrogen-bond acceptors (Lipinski definition) is 3. The molecule has 0 amide bonds. The Bertz CT molecular complexity index is 983. The Morgan fingerprint density at radius 2 is 1.03 bits per heavy atom. The van der Waals surface area contributed by atoms with E-state index in [-0.39, 0.29) is 6.61 Å². The van der Waals surface area contributed by atoms with E-state index < -0.39 is 5.97 Å². The highest BCUT2D eigenvalue weighted by atomic mass is 16.4. The summed E-state index contributed by atoms with van der Waals surface area (Å²) in [7, 11) is 0. The van der Waals surface area contributed by atoms with Crippen molar-refractivity contribution in [3.05, 3.63) is 106 Å². The largest absolute Gasteiger partial charge is 0.478 e. The predicted octanol–water partition coefficient (Wildman–Crippen LogP) is 7.43. The van der Waals surface area contributed by atoms with Crippen LogP contribution >= 0.6 is 0 Å². The standard InChI is InChI=1S/C10H12O2.C10H14O.C10H12O/c1-7(2)8-3-5-9(6-4-8)10(11)12;2*1-8(2)10-5-3-9(7-11)4-6-10/h3-7H,1-2H3,(H,11,12);3-6,8,11H,7H2,1-2H3;3-8H,1-2H3. The first-order chi connectivity index (χ1) is 16.1. The average molecular weight is 463 g/mol. The van der Waals surface area contributed by atoms with Crippen LogP contribution in [0, 0.1) is 0 Å². The summed E-state index contributed by atoms with van der Waals surface area (Å²) in [5.41, 5.74) is 5.83. The number of benzene rings is 3. The van der Waals surface area contributed by atoms with E-state index in [1.165, 1.54) is 16.7 Å². The third kappa shape index (κ3) is 10.1. The fourth-order valence-corrected chi connectivity index (χ4v) is 2.98. The minimum absolute atomic E-state index is 0.137. The van der Waals surface area contributed by atoms with Crippen LogP contribution < -0.4 is 0 Å². The lowest BCUT2D eigenvalue weighted by Crippen LogP contribution is -1.96. The van der Waals surface area contributed by atoms with E-state index in [0.717, 1.165) is 17.4 Å². The molecule has 0 radical (unpaired) electrons. The van der Waals surface area contributed by atoms with Crippen molar-refractivity contribution in [3.8, 4) is 0 Å². The number of aliphatic hydroxyl groups excluding tert-OH is 1. The van der Waals surface area contributed by atoms with Crippen molar-refractivity contribution in [3.63, 3.8) is 0 Å². The first kappa shape index (κ1) is 28.8. The fraction of sp³-hybridized carbons (Fsp3) is 0.333. The Balaban J connectivity index is 0.000000255. The third-order valence-corrected chi connectivity index (χ3v) is 5.39. The molecule has 0 unspecified atom stereocenters. The van der Waals surface area contributed by atoms with Gasteiger partial charge in [-0.1, -0.05) is 102 Å². The van der Waals surface area contributed by atoms with Crippen LogP contribution in [-0.4, -0.2) is 22.5 Å². The van der Waals surface area contributed by atoms with Crippen LogP contribution in [0.1, 0.15) is 102 Å². The van der Waals surface area contributed by atoms with Crippen molar-refractivity contribution in [1.29, 1.82) is 0 Å². The molecule has 3 rings (SSSR count). The molecule has 0 fully saturated rings. The maximum Gasteiger partial charge on any atom is 0.335 e. The minimum atomic E-state index is -0.870. The average Bonchev–Trinajstić information content (AvgIpc) is 2.84. The van der Waals surface area contributed by atoms with E-state index in [4.69, 9.17) is 10.2 Å². The van der Waals surface area contributed by atoms with Crippen LogP contribution in [0.15, 0.2) is 72.8 Å². The first-order valence-electron chi connectivity index (χ1n) is 11.7. The Hall–Kier alpha value is -3.24. The summed E-state index contributed by atoms with van der Waals surface area (Å²) >= 11 is 0. The quantitative estimate of drug-likeness (QED) is 0.373. The molecule has 0 spiro atoms. The Labute approximate surface area is 204 Å². The highest BCUT2D eigenvalue weighted by Crippen LogP contribution is 2.15. The van der Waals surface area contributed by atoms with Crippen molar-refractivity contribution in [2.75, 3.05) is 0 Å². The van der Waals surface area contributed by atoms with Gasteiger partial charge in [0.25, 0.3) is 0 Å². The number of hydrogen-bond donors (Lipinski definition) is 2. The highest BCUT2D eigenvalue weighted by Gasteiger charge is 2.03. The lowest BCUT2D eigenvalue weighted by molar-refractivity contribution is 0.0696. The molecule has 0 aliphatic heterocycles. The number of rotatable bonds is 6. The molecule has 0 aliphatic rings. The molecular formula is C30H38O4. The molecule has 0 aromatic heterocycles. The molecule has 2 N–H and O–H groups in total. The summed E-state index contributed by atoms with van der Waals surface area (Å²) in [6.45, 7) is 12.9. The molecule has 182 valence electrons. The molecule has 0 atom stereocenters. The first-order valence-corrected chi connectivity index (χ1v) is 11.7. The van der Waals surface area contributed by atoms with Crippen LogP contribution in [0.2, 0.25) is 0 Å². The van der Waals surface area contributed by atoms with Gasteiger partial charge in [-0.05, 0) is 52.1 Å². The lowest BCUT2D eigenvalue weighted by atomic mass is 10.0. The van der Waals surface area contributed by atoms with E-state index in [2.05, 4.69) is 53.7 Å². The molecular weight excluding hydrogens is 424 g/mol. The van der Waals surface area contributed by atoms with E-state index in [9.17, 15) is 9.59 Å². The number of carboxylic acid groups (broad SMARTS) is 1. The van der Waals surface area contributed by atoms with Crippen LogP contribution in [0.3, 0.4) is 0 Å². The van der Waals surface area contributed by atoms with E-state index in [0.29, 0.717) is 23.3 Å². The molecule has 0 saturated heterocycles. The van der Waals surface area contributed by atoms with Gasteiger partial charge in [-0.15, -0.1) is 0 Å². The van der Waals surface area contributed by atoms with E-state index >= 15 is 0 Å². The van der Waals surface area contributed by atoms with E-state index in [1.807, 2.05) is 48.5 Å². The summed E-state index contributed by atoms with van der Waals surface area (Å²) in [5.74, 6) is 0.691. The molecule has 4 heteroatoms. The zero-order valence-corrected chi connectivity index (χ0v) is 21.2. The zero-order chi connectivity index (χ0) is 25.7. The molecule has 4 nitrogen and oxygen atoms in total. The Kier molecular flexibility index (Phi) is 12.5. The molecule has 0 aliphatic carbocycles. The van der Waals surface area contributed by atoms with Crippen molar-refractivity contribution < 1.29 is 19.8 Å². The van der Waals surface area contributed by atoms with Crippen LogP contribution in [0.4, 0.5) is 0 Å². The van der Waals surface area contributed by atoms with Gasteiger partial charge in [0, 0.05) is 5.56 Å². The number of carboxylic acids is 1. The molecule has 3 aromatic rings. The summed E-state index contributed by atoms with van der Waals surface area (Å²) in [4.78, 5) is 20.8. The fourth-order valence-electron chi connectivity index (χ4n) is 2.98. The van der Waals surface area contributed by atoms with Gasteiger partial charge in [-0.2, -0.15) is 0 Å². The molecule has 34 heavy (non-hydrogen) atoms. The summed E-state index contributed by atoms with van der Waals surface area (Å²) in [6.07, 6.45) is 0.865. The van der Waals surface area contributed by atoms with Gasteiger partial charge >= 0.3 is 5.97 Å². The molecule has 0 bridgehead atoms. The van der Waals surface area contributed by atoms with E-state index in [1.54, 1.807) is 12.1 Å². The molecule has 3 aromatic carbocycles. The lowest BCUT2D eigenvalue weighted by Gasteiger charge is -2.04. The van der Waals surface area contributed by atoms with Crippen LogP contribution in [0.5, 0.6) is 0 Å². The third-order valence-electron chi connectivity index (χ3n) is 5.39. The van der Waals surface area contributed by atoms with Gasteiger partial charge in [0.1, 0.15) is 6.29 Å². The topological polar surface area (TPSA) is 74.6 Å². The normalized spacial score (nSPS) is 10.3.